The van der Waals surface area contributed by atoms with E-state index in [1.165, 1.54) is 6.07 Å². The minimum Gasteiger partial charge on any atom is -0.398 e. The highest BCUT2D eigenvalue weighted by atomic mass is 32.2. The minimum atomic E-state index is -3.52. The van der Waals surface area contributed by atoms with E-state index < -0.39 is 10.0 Å². The smallest absolute Gasteiger partial charge is 0.240 e. The van der Waals surface area contributed by atoms with Crippen molar-refractivity contribution in [1.82, 2.24) is 4.72 Å². The number of rotatable bonds is 5. The molecular formula is C14H22N2O3S. The van der Waals surface area contributed by atoms with Crippen LogP contribution in [0.2, 0.25) is 0 Å². The number of sulfonamides is 1. The highest BCUT2D eigenvalue weighted by Crippen LogP contribution is 2.25. The molecule has 0 aliphatic heterocycles. The topological polar surface area (TPSA) is 92.4 Å². The Morgan fingerprint density at radius 1 is 1.40 bits per heavy atom. The fraction of sp³-hybridized carbons (Fsp3) is 0.571. The van der Waals surface area contributed by atoms with Gasteiger partial charge in [0.05, 0.1) is 11.0 Å². The van der Waals surface area contributed by atoms with Crippen molar-refractivity contribution in [3.63, 3.8) is 0 Å². The second-order valence-electron chi connectivity index (χ2n) is 5.40. The Balaban J connectivity index is 2.04. The van der Waals surface area contributed by atoms with E-state index in [2.05, 4.69) is 4.72 Å². The summed E-state index contributed by atoms with van der Waals surface area (Å²) in [5.41, 5.74) is 7.29. The van der Waals surface area contributed by atoms with Gasteiger partial charge in [-0.25, -0.2) is 13.1 Å². The number of benzene rings is 1. The van der Waals surface area contributed by atoms with Crippen molar-refractivity contribution < 1.29 is 13.5 Å². The van der Waals surface area contributed by atoms with Gasteiger partial charge in [0, 0.05) is 12.2 Å². The Morgan fingerprint density at radius 3 is 2.70 bits per heavy atom. The molecule has 6 heteroatoms. The molecule has 1 aromatic rings. The van der Waals surface area contributed by atoms with Gasteiger partial charge in [-0.1, -0.05) is 13.0 Å². The molecule has 5 nitrogen and oxygen atoms in total. The predicted molar refractivity (Wildman–Crippen MR) is 78.8 cm³/mol. The molecule has 0 saturated heterocycles. The van der Waals surface area contributed by atoms with Crippen molar-refractivity contribution in [2.24, 2.45) is 5.92 Å². The first kappa shape index (κ1) is 15.3. The van der Waals surface area contributed by atoms with Crippen molar-refractivity contribution >= 4 is 15.7 Å². The van der Waals surface area contributed by atoms with Crippen LogP contribution in [0.3, 0.4) is 0 Å². The van der Waals surface area contributed by atoms with E-state index in [9.17, 15) is 13.5 Å². The molecule has 0 spiro atoms. The molecule has 0 aromatic heterocycles. The maximum absolute atomic E-state index is 12.2. The summed E-state index contributed by atoms with van der Waals surface area (Å²) in [6.45, 7) is 2.35. The monoisotopic (exact) mass is 298 g/mol. The number of hydrogen-bond donors (Lipinski definition) is 3. The van der Waals surface area contributed by atoms with Gasteiger partial charge in [-0.3, -0.25) is 0 Å². The molecule has 1 aliphatic carbocycles. The summed E-state index contributed by atoms with van der Waals surface area (Å²) in [6, 6.07) is 4.84. The van der Waals surface area contributed by atoms with Crippen LogP contribution in [0, 0.1) is 5.92 Å². The van der Waals surface area contributed by atoms with Crippen LogP contribution in [0.4, 0.5) is 5.69 Å². The first-order valence-corrected chi connectivity index (χ1v) is 8.47. The summed E-state index contributed by atoms with van der Waals surface area (Å²) in [6.07, 6.45) is 2.77. The second-order valence-corrected chi connectivity index (χ2v) is 7.17. The number of aliphatic hydroxyl groups excluding tert-OH is 1. The van der Waals surface area contributed by atoms with Crippen LogP contribution in [0.15, 0.2) is 23.1 Å². The summed E-state index contributed by atoms with van der Waals surface area (Å²) in [5.74, 6) is 0.215. The molecule has 1 aromatic carbocycles. The Hall–Kier alpha value is -1.11. The van der Waals surface area contributed by atoms with Crippen LogP contribution in [0.25, 0.3) is 0 Å². The van der Waals surface area contributed by atoms with Gasteiger partial charge >= 0.3 is 0 Å². The van der Waals surface area contributed by atoms with Crippen LogP contribution < -0.4 is 10.5 Å². The second kappa shape index (κ2) is 6.11. The van der Waals surface area contributed by atoms with Gasteiger partial charge in [0.1, 0.15) is 0 Å². The summed E-state index contributed by atoms with van der Waals surface area (Å²) in [5, 5.41) is 9.45. The van der Waals surface area contributed by atoms with Crippen molar-refractivity contribution in [2.75, 3.05) is 12.3 Å². The van der Waals surface area contributed by atoms with Gasteiger partial charge in [-0.05, 0) is 49.3 Å². The highest BCUT2D eigenvalue weighted by Gasteiger charge is 2.24. The zero-order valence-corrected chi connectivity index (χ0v) is 12.5. The maximum atomic E-state index is 12.2. The van der Waals surface area contributed by atoms with Crippen LogP contribution in [-0.4, -0.2) is 26.2 Å². The molecule has 4 N–H and O–H groups in total. The van der Waals surface area contributed by atoms with E-state index in [-0.39, 0.29) is 16.9 Å². The van der Waals surface area contributed by atoms with Gasteiger partial charge in [0.25, 0.3) is 0 Å². The van der Waals surface area contributed by atoms with E-state index in [0.717, 1.165) is 24.8 Å². The molecule has 20 heavy (non-hydrogen) atoms. The Kier molecular flexibility index (Phi) is 4.67. The molecule has 1 aliphatic rings. The molecule has 112 valence electrons. The molecular weight excluding hydrogens is 276 g/mol. The third-order valence-corrected chi connectivity index (χ3v) is 5.31. The third kappa shape index (κ3) is 3.50. The zero-order valence-electron chi connectivity index (χ0n) is 11.7. The molecule has 0 radical (unpaired) electrons. The van der Waals surface area contributed by atoms with E-state index in [1.54, 1.807) is 12.1 Å². The van der Waals surface area contributed by atoms with E-state index in [4.69, 9.17) is 5.73 Å². The summed E-state index contributed by atoms with van der Waals surface area (Å²) in [7, 11) is -3.52. The quantitative estimate of drug-likeness (QED) is 0.714. The van der Waals surface area contributed by atoms with Gasteiger partial charge in [-0.2, -0.15) is 0 Å². The van der Waals surface area contributed by atoms with Crippen LogP contribution in [-0.2, 0) is 16.4 Å². The summed E-state index contributed by atoms with van der Waals surface area (Å²) in [4.78, 5) is 0.200. The minimum absolute atomic E-state index is 0.200. The van der Waals surface area contributed by atoms with Gasteiger partial charge in [-0.15, -0.1) is 0 Å². The lowest BCUT2D eigenvalue weighted by Crippen LogP contribution is -2.29. The Bertz CT molecular complexity index is 572. The Morgan fingerprint density at radius 2 is 2.15 bits per heavy atom. The van der Waals surface area contributed by atoms with Crippen molar-refractivity contribution in [2.45, 2.75) is 43.6 Å². The third-order valence-electron chi connectivity index (χ3n) is 3.88. The van der Waals surface area contributed by atoms with E-state index in [1.807, 2.05) is 6.92 Å². The molecule has 0 heterocycles. The zero-order chi connectivity index (χ0) is 14.8. The molecule has 2 unspecified atom stereocenters. The first-order valence-electron chi connectivity index (χ1n) is 6.98. The number of hydrogen-bond acceptors (Lipinski definition) is 4. The van der Waals surface area contributed by atoms with Crippen LogP contribution in [0.5, 0.6) is 0 Å². The standard InChI is InChI=1S/C14H22N2O3S/c1-2-11-4-6-13(8-14(11)15)20(18,19)16-9-10-3-5-12(17)7-10/h4,6,8,10,12,16-17H,2-3,5,7,9,15H2,1H3. The van der Waals surface area contributed by atoms with Gasteiger partial charge < -0.3 is 10.8 Å². The fourth-order valence-electron chi connectivity index (χ4n) is 2.61. The lowest BCUT2D eigenvalue weighted by atomic mass is 10.1. The van der Waals surface area contributed by atoms with Crippen molar-refractivity contribution in [3.8, 4) is 0 Å². The summed E-state index contributed by atoms with van der Waals surface area (Å²) < 4.78 is 27.0. The molecule has 0 bridgehead atoms. The number of nitrogen functional groups attached to an aromatic ring is 1. The normalized spacial score (nSPS) is 23.1. The van der Waals surface area contributed by atoms with Crippen LogP contribution >= 0.6 is 0 Å². The van der Waals surface area contributed by atoms with E-state index in [0.29, 0.717) is 18.7 Å². The average Bonchev–Trinajstić information content (AvgIpc) is 2.82. The molecule has 1 fully saturated rings. The number of nitrogens with two attached hydrogens (primary N) is 1. The average molecular weight is 298 g/mol. The summed E-state index contributed by atoms with van der Waals surface area (Å²) >= 11 is 0. The number of aliphatic hydroxyl groups is 1. The van der Waals surface area contributed by atoms with Gasteiger partial charge in [0.15, 0.2) is 0 Å². The lowest BCUT2D eigenvalue weighted by molar-refractivity contribution is 0.178. The number of nitrogens with one attached hydrogen (secondary N) is 1. The first-order chi connectivity index (χ1) is 9.42. The van der Waals surface area contributed by atoms with Crippen molar-refractivity contribution in [1.29, 1.82) is 0 Å². The Labute approximate surface area is 120 Å². The maximum Gasteiger partial charge on any atom is 0.240 e. The SMILES string of the molecule is CCc1ccc(S(=O)(=O)NCC2CCC(O)C2)cc1N. The molecule has 2 atom stereocenters. The molecule has 1 saturated carbocycles. The predicted octanol–water partition coefficient (Wildman–Crippen LogP) is 1.27. The molecule has 0 amide bonds. The van der Waals surface area contributed by atoms with Crippen LogP contribution in [0.1, 0.15) is 31.7 Å². The fourth-order valence-corrected chi connectivity index (χ4v) is 3.76. The van der Waals surface area contributed by atoms with Crippen molar-refractivity contribution in [3.05, 3.63) is 23.8 Å². The number of aryl methyl sites for hydroxylation is 1. The molecule has 2 rings (SSSR count). The van der Waals surface area contributed by atoms with E-state index >= 15 is 0 Å². The highest BCUT2D eigenvalue weighted by molar-refractivity contribution is 7.89. The lowest BCUT2D eigenvalue weighted by Gasteiger charge is -2.12. The van der Waals surface area contributed by atoms with Gasteiger partial charge in [0.2, 0.25) is 10.0 Å². The largest absolute Gasteiger partial charge is 0.398 e. The number of anilines is 1.